The molecule has 2 aromatic heterocycles. The van der Waals surface area contributed by atoms with Crippen molar-refractivity contribution in [1.29, 1.82) is 0 Å². The maximum absolute atomic E-state index is 13.7. The van der Waals surface area contributed by atoms with Crippen molar-refractivity contribution in [3.63, 3.8) is 0 Å². The SMILES string of the molecule is CC(=O)Nc1nc2ccc(-c3ccc(C(F)(F)F)c(F)c3)cn2n1. The van der Waals surface area contributed by atoms with E-state index in [0.717, 1.165) is 6.07 Å². The molecule has 0 radical (unpaired) electrons. The van der Waals surface area contributed by atoms with Gasteiger partial charge in [0.25, 0.3) is 0 Å². The number of rotatable bonds is 2. The summed E-state index contributed by atoms with van der Waals surface area (Å²) in [7, 11) is 0. The van der Waals surface area contributed by atoms with E-state index in [1.165, 1.54) is 23.7 Å². The van der Waals surface area contributed by atoms with Crippen LogP contribution in [0.25, 0.3) is 16.8 Å². The van der Waals surface area contributed by atoms with Crippen LogP contribution >= 0.6 is 0 Å². The average molecular weight is 338 g/mol. The van der Waals surface area contributed by atoms with Crippen molar-refractivity contribution in [2.24, 2.45) is 0 Å². The van der Waals surface area contributed by atoms with Crippen LogP contribution in [0.5, 0.6) is 0 Å². The number of fused-ring (bicyclic) bond motifs is 1. The summed E-state index contributed by atoms with van der Waals surface area (Å²) in [6, 6.07) is 5.82. The molecule has 124 valence electrons. The number of aromatic nitrogens is 3. The number of nitrogens with one attached hydrogen (secondary N) is 1. The van der Waals surface area contributed by atoms with Crippen LogP contribution in [0.2, 0.25) is 0 Å². The highest BCUT2D eigenvalue weighted by atomic mass is 19.4. The second-order valence-electron chi connectivity index (χ2n) is 5.03. The van der Waals surface area contributed by atoms with Gasteiger partial charge in [0.2, 0.25) is 11.9 Å². The Labute approximate surface area is 132 Å². The first-order valence-corrected chi connectivity index (χ1v) is 6.75. The monoisotopic (exact) mass is 338 g/mol. The Morgan fingerprint density at radius 1 is 1.17 bits per heavy atom. The average Bonchev–Trinajstić information content (AvgIpc) is 2.85. The molecule has 0 unspecified atom stereocenters. The summed E-state index contributed by atoms with van der Waals surface area (Å²) in [5.74, 6) is -1.59. The molecule has 1 amide bonds. The van der Waals surface area contributed by atoms with Gasteiger partial charge in [0.05, 0.1) is 5.56 Å². The maximum atomic E-state index is 13.7. The number of benzene rings is 1. The number of halogens is 4. The van der Waals surface area contributed by atoms with Crippen molar-refractivity contribution in [3.05, 3.63) is 47.9 Å². The van der Waals surface area contributed by atoms with E-state index in [2.05, 4.69) is 15.4 Å². The summed E-state index contributed by atoms with van der Waals surface area (Å²) >= 11 is 0. The molecular weight excluding hydrogens is 328 g/mol. The number of nitrogens with zero attached hydrogens (tertiary/aromatic N) is 3. The molecular formula is C15H10F4N4O. The van der Waals surface area contributed by atoms with Gasteiger partial charge in [-0.1, -0.05) is 6.07 Å². The molecule has 0 atom stereocenters. The van der Waals surface area contributed by atoms with E-state index in [9.17, 15) is 22.4 Å². The number of carbonyl (C=O) groups excluding carboxylic acids is 1. The molecule has 1 aromatic carbocycles. The van der Waals surface area contributed by atoms with Gasteiger partial charge in [-0.2, -0.15) is 18.2 Å². The lowest BCUT2D eigenvalue weighted by molar-refractivity contribution is -0.140. The smallest absolute Gasteiger partial charge is 0.293 e. The van der Waals surface area contributed by atoms with Crippen LogP contribution in [0.4, 0.5) is 23.5 Å². The molecule has 3 rings (SSSR count). The quantitative estimate of drug-likeness (QED) is 0.728. The summed E-state index contributed by atoms with van der Waals surface area (Å²) in [6.07, 6.45) is -3.26. The molecule has 1 N–H and O–H groups in total. The number of hydrogen-bond donors (Lipinski definition) is 1. The van der Waals surface area contributed by atoms with E-state index in [-0.39, 0.29) is 17.4 Å². The van der Waals surface area contributed by atoms with E-state index in [1.807, 2.05) is 0 Å². The van der Waals surface area contributed by atoms with Crippen LogP contribution in [0.15, 0.2) is 36.5 Å². The number of carbonyl (C=O) groups is 1. The molecule has 0 bridgehead atoms. The molecule has 0 saturated carbocycles. The Balaban J connectivity index is 2.00. The van der Waals surface area contributed by atoms with Gasteiger partial charge in [-0.25, -0.2) is 8.91 Å². The Morgan fingerprint density at radius 3 is 2.50 bits per heavy atom. The molecule has 5 nitrogen and oxygen atoms in total. The van der Waals surface area contributed by atoms with E-state index in [1.54, 1.807) is 12.1 Å². The van der Waals surface area contributed by atoms with Crippen LogP contribution < -0.4 is 5.32 Å². The number of alkyl halides is 3. The Kier molecular flexibility index (Phi) is 3.70. The highest BCUT2D eigenvalue weighted by Gasteiger charge is 2.33. The zero-order chi connectivity index (χ0) is 17.5. The molecule has 9 heteroatoms. The van der Waals surface area contributed by atoms with E-state index in [4.69, 9.17) is 0 Å². The molecule has 0 aliphatic rings. The molecule has 0 aliphatic heterocycles. The lowest BCUT2D eigenvalue weighted by Gasteiger charge is -2.09. The topological polar surface area (TPSA) is 59.3 Å². The van der Waals surface area contributed by atoms with Crippen molar-refractivity contribution in [3.8, 4) is 11.1 Å². The minimum Gasteiger partial charge on any atom is -0.293 e. The van der Waals surface area contributed by atoms with Gasteiger partial charge in [-0.15, -0.1) is 5.10 Å². The van der Waals surface area contributed by atoms with E-state index < -0.39 is 17.6 Å². The Hall–Kier alpha value is -2.97. The molecule has 3 aromatic rings. The highest BCUT2D eigenvalue weighted by Crippen LogP contribution is 2.33. The van der Waals surface area contributed by atoms with E-state index in [0.29, 0.717) is 17.3 Å². The van der Waals surface area contributed by atoms with Crippen molar-refractivity contribution in [1.82, 2.24) is 14.6 Å². The molecule has 24 heavy (non-hydrogen) atoms. The van der Waals surface area contributed by atoms with Gasteiger partial charge >= 0.3 is 6.18 Å². The zero-order valence-electron chi connectivity index (χ0n) is 12.2. The summed E-state index contributed by atoms with van der Waals surface area (Å²) in [5, 5.41) is 6.44. The highest BCUT2D eigenvalue weighted by molar-refractivity contribution is 5.86. The van der Waals surface area contributed by atoms with Gasteiger partial charge in [-0.3, -0.25) is 10.1 Å². The molecule has 0 fully saturated rings. The fourth-order valence-electron chi connectivity index (χ4n) is 2.19. The van der Waals surface area contributed by atoms with Crippen molar-refractivity contribution >= 4 is 17.5 Å². The Morgan fingerprint density at radius 2 is 1.88 bits per heavy atom. The minimum atomic E-state index is -4.74. The number of pyridine rings is 1. The molecule has 0 saturated heterocycles. The lowest BCUT2D eigenvalue weighted by atomic mass is 10.0. The third kappa shape index (κ3) is 3.05. The summed E-state index contributed by atoms with van der Waals surface area (Å²) in [6.45, 7) is 1.31. The van der Waals surface area contributed by atoms with Crippen molar-refractivity contribution in [2.75, 3.05) is 5.32 Å². The van der Waals surface area contributed by atoms with Crippen molar-refractivity contribution in [2.45, 2.75) is 13.1 Å². The second-order valence-corrected chi connectivity index (χ2v) is 5.03. The summed E-state index contributed by atoms with van der Waals surface area (Å²) in [4.78, 5) is 15.0. The molecule has 2 heterocycles. The van der Waals surface area contributed by atoms with Gasteiger partial charge in [0, 0.05) is 18.7 Å². The number of anilines is 1. The summed E-state index contributed by atoms with van der Waals surface area (Å²) in [5.41, 5.74) is -0.177. The first-order valence-electron chi connectivity index (χ1n) is 6.75. The van der Waals surface area contributed by atoms with Gasteiger partial charge in [0.15, 0.2) is 5.65 Å². The largest absolute Gasteiger partial charge is 0.419 e. The standard InChI is InChI=1S/C15H10F4N4O/c1-8(24)20-14-21-13-5-3-10(7-23(13)22-14)9-2-4-11(12(16)6-9)15(17,18)19/h2-7H,1H3,(H,20,22,24). The lowest BCUT2D eigenvalue weighted by Crippen LogP contribution is -2.07. The summed E-state index contributed by atoms with van der Waals surface area (Å²) < 4.78 is 52.8. The third-order valence-corrected chi connectivity index (χ3v) is 3.23. The predicted molar refractivity (Wildman–Crippen MR) is 77.7 cm³/mol. The van der Waals surface area contributed by atoms with Crippen molar-refractivity contribution < 1.29 is 22.4 Å². The maximum Gasteiger partial charge on any atom is 0.419 e. The molecule has 0 spiro atoms. The first-order chi connectivity index (χ1) is 11.2. The predicted octanol–water partition coefficient (Wildman–Crippen LogP) is 3.51. The van der Waals surface area contributed by atoms with Crippen LogP contribution in [-0.4, -0.2) is 20.5 Å². The van der Waals surface area contributed by atoms with Crippen LogP contribution in [0.3, 0.4) is 0 Å². The minimum absolute atomic E-state index is 0.0956. The number of amides is 1. The van der Waals surface area contributed by atoms with Crippen LogP contribution in [-0.2, 0) is 11.0 Å². The molecule has 0 aliphatic carbocycles. The van der Waals surface area contributed by atoms with Gasteiger partial charge in [-0.05, 0) is 29.8 Å². The normalized spacial score (nSPS) is 11.7. The van der Waals surface area contributed by atoms with Gasteiger partial charge < -0.3 is 0 Å². The zero-order valence-corrected chi connectivity index (χ0v) is 12.2. The Bertz CT molecular complexity index is 933. The van der Waals surface area contributed by atoms with Crippen LogP contribution in [0.1, 0.15) is 12.5 Å². The van der Waals surface area contributed by atoms with E-state index >= 15 is 0 Å². The second kappa shape index (κ2) is 5.59. The fourth-order valence-corrected chi connectivity index (χ4v) is 2.19. The first kappa shape index (κ1) is 15.9. The third-order valence-electron chi connectivity index (χ3n) is 3.23. The van der Waals surface area contributed by atoms with Gasteiger partial charge in [0.1, 0.15) is 5.82 Å². The number of hydrogen-bond acceptors (Lipinski definition) is 3. The fraction of sp³-hybridized carbons (Fsp3) is 0.133. The van der Waals surface area contributed by atoms with Crippen LogP contribution in [0, 0.1) is 5.82 Å².